The van der Waals surface area contributed by atoms with Crippen molar-refractivity contribution in [1.29, 1.82) is 0 Å². The number of para-hydroxylation sites is 1. The molecular formula is C13H11ClFNO. The van der Waals surface area contributed by atoms with Crippen LogP contribution in [0.3, 0.4) is 0 Å². The maximum Gasteiger partial charge on any atom is 0.165 e. The third-order valence-corrected chi connectivity index (χ3v) is 2.66. The molecule has 2 rings (SSSR count). The maximum absolute atomic E-state index is 13.3. The molecule has 0 aliphatic heterocycles. The van der Waals surface area contributed by atoms with Crippen LogP contribution in [0.25, 0.3) is 0 Å². The van der Waals surface area contributed by atoms with Crippen molar-refractivity contribution in [3.8, 4) is 5.75 Å². The zero-order valence-electron chi connectivity index (χ0n) is 8.99. The molecule has 0 aromatic heterocycles. The number of halogens is 2. The molecule has 0 spiro atoms. The van der Waals surface area contributed by atoms with E-state index in [2.05, 4.69) is 0 Å². The average Bonchev–Trinajstić information content (AvgIpc) is 2.32. The number of nitrogens with two attached hydrogens (primary N) is 1. The van der Waals surface area contributed by atoms with E-state index in [4.69, 9.17) is 22.1 Å². The summed E-state index contributed by atoms with van der Waals surface area (Å²) >= 11 is 5.97. The Kier molecular flexibility index (Phi) is 3.49. The maximum atomic E-state index is 13.3. The molecule has 0 aliphatic carbocycles. The smallest absolute Gasteiger partial charge is 0.165 e. The van der Waals surface area contributed by atoms with Gasteiger partial charge in [0.15, 0.2) is 11.6 Å². The summed E-state index contributed by atoms with van der Waals surface area (Å²) in [5.41, 5.74) is 6.97. The first-order valence-corrected chi connectivity index (χ1v) is 5.46. The number of hydrogen-bond acceptors (Lipinski definition) is 2. The first kappa shape index (κ1) is 11.7. The molecule has 2 aromatic rings. The van der Waals surface area contributed by atoms with Gasteiger partial charge in [0.2, 0.25) is 0 Å². The number of nitrogen functional groups attached to an aromatic ring is 1. The first-order chi connectivity index (χ1) is 8.16. The molecule has 2 nitrogen and oxygen atoms in total. The molecule has 17 heavy (non-hydrogen) atoms. The van der Waals surface area contributed by atoms with E-state index in [1.165, 1.54) is 6.07 Å². The molecular weight excluding hydrogens is 241 g/mol. The Labute approximate surface area is 104 Å². The third kappa shape index (κ3) is 2.88. The van der Waals surface area contributed by atoms with Crippen molar-refractivity contribution in [2.45, 2.75) is 6.61 Å². The lowest BCUT2D eigenvalue weighted by Crippen LogP contribution is -1.99. The molecule has 0 bridgehead atoms. The van der Waals surface area contributed by atoms with E-state index in [1.54, 1.807) is 36.4 Å². The minimum atomic E-state index is -0.396. The molecule has 0 unspecified atom stereocenters. The van der Waals surface area contributed by atoms with Crippen LogP contribution in [0.4, 0.5) is 10.1 Å². The van der Waals surface area contributed by atoms with E-state index in [-0.39, 0.29) is 12.4 Å². The summed E-state index contributed by atoms with van der Waals surface area (Å²) < 4.78 is 18.6. The number of benzene rings is 2. The number of anilines is 1. The topological polar surface area (TPSA) is 35.2 Å². The van der Waals surface area contributed by atoms with Gasteiger partial charge in [-0.25, -0.2) is 4.39 Å². The fourth-order valence-electron chi connectivity index (χ4n) is 1.42. The van der Waals surface area contributed by atoms with Crippen LogP contribution in [0.2, 0.25) is 5.02 Å². The van der Waals surface area contributed by atoms with Crippen molar-refractivity contribution < 1.29 is 9.13 Å². The summed E-state index contributed by atoms with van der Waals surface area (Å²) in [6.07, 6.45) is 0. The fourth-order valence-corrected chi connectivity index (χ4v) is 1.59. The van der Waals surface area contributed by atoms with Crippen molar-refractivity contribution in [1.82, 2.24) is 0 Å². The minimum absolute atomic E-state index is 0.185. The fraction of sp³-hybridized carbons (Fsp3) is 0.0769. The quantitative estimate of drug-likeness (QED) is 0.846. The lowest BCUT2D eigenvalue weighted by molar-refractivity contribution is 0.290. The normalized spacial score (nSPS) is 10.2. The molecule has 0 saturated carbocycles. The van der Waals surface area contributed by atoms with Gasteiger partial charge in [0.05, 0.1) is 0 Å². The zero-order valence-corrected chi connectivity index (χ0v) is 9.75. The summed E-state index contributed by atoms with van der Waals surface area (Å²) in [5.74, 6) is -0.196. The van der Waals surface area contributed by atoms with Crippen LogP contribution in [0.1, 0.15) is 5.56 Å². The number of hydrogen-bond donors (Lipinski definition) is 1. The summed E-state index contributed by atoms with van der Waals surface area (Å²) in [5, 5.41) is 0.551. The zero-order chi connectivity index (χ0) is 12.3. The Morgan fingerprint density at radius 2 is 1.94 bits per heavy atom. The molecule has 0 radical (unpaired) electrons. The number of rotatable bonds is 3. The highest BCUT2D eigenvalue weighted by Crippen LogP contribution is 2.22. The van der Waals surface area contributed by atoms with Gasteiger partial charge in [-0.1, -0.05) is 23.7 Å². The van der Waals surface area contributed by atoms with Crippen LogP contribution >= 0.6 is 11.6 Å². The van der Waals surface area contributed by atoms with Gasteiger partial charge in [-0.05, 0) is 30.3 Å². The second kappa shape index (κ2) is 5.06. The van der Waals surface area contributed by atoms with Gasteiger partial charge in [-0.2, -0.15) is 0 Å². The molecule has 0 amide bonds. The van der Waals surface area contributed by atoms with Crippen LogP contribution in [-0.2, 0) is 6.61 Å². The molecule has 4 heteroatoms. The lowest BCUT2D eigenvalue weighted by atomic mass is 10.2. The largest absolute Gasteiger partial charge is 0.486 e. The second-order valence-corrected chi connectivity index (χ2v) is 3.98. The van der Waals surface area contributed by atoms with E-state index in [0.717, 1.165) is 5.56 Å². The van der Waals surface area contributed by atoms with E-state index < -0.39 is 5.82 Å². The summed E-state index contributed by atoms with van der Waals surface area (Å²) in [6.45, 7) is 0.185. The molecule has 0 heterocycles. The van der Waals surface area contributed by atoms with E-state index >= 15 is 0 Å². The standard InChI is InChI=1S/C13H11ClFNO/c14-11-6-5-10(16)7-9(11)8-17-13-4-2-1-3-12(13)15/h1-7H,8,16H2. The molecule has 88 valence electrons. The monoisotopic (exact) mass is 251 g/mol. The van der Waals surface area contributed by atoms with Crippen molar-refractivity contribution >= 4 is 17.3 Å². The predicted octanol–water partition coefficient (Wildman–Crippen LogP) is 3.64. The van der Waals surface area contributed by atoms with E-state index in [0.29, 0.717) is 10.7 Å². The summed E-state index contributed by atoms with van der Waals surface area (Å²) in [6, 6.07) is 11.3. The second-order valence-electron chi connectivity index (χ2n) is 3.57. The van der Waals surface area contributed by atoms with Gasteiger partial charge in [0.1, 0.15) is 6.61 Å². The third-order valence-electron chi connectivity index (χ3n) is 2.29. The highest BCUT2D eigenvalue weighted by atomic mass is 35.5. The van der Waals surface area contributed by atoms with Crippen LogP contribution in [0.15, 0.2) is 42.5 Å². The van der Waals surface area contributed by atoms with E-state index in [9.17, 15) is 4.39 Å². The summed E-state index contributed by atoms with van der Waals surface area (Å²) in [4.78, 5) is 0. The Bertz CT molecular complexity index is 531. The molecule has 0 fully saturated rings. The van der Waals surface area contributed by atoms with Gasteiger partial charge in [0, 0.05) is 16.3 Å². The van der Waals surface area contributed by atoms with Crippen molar-refractivity contribution in [2.24, 2.45) is 0 Å². The summed E-state index contributed by atoms with van der Waals surface area (Å²) in [7, 11) is 0. The van der Waals surface area contributed by atoms with Crippen LogP contribution in [0, 0.1) is 5.82 Å². The van der Waals surface area contributed by atoms with Crippen molar-refractivity contribution in [2.75, 3.05) is 5.73 Å². The van der Waals surface area contributed by atoms with Crippen molar-refractivity contribution in [3.05, 3.63) is 58.9 Å². The van der Waals surface area contributed by atoms with Gasteiger partial charge in [-0.15, -0.1) is 0 Å². The highest BCUT2D eigenvalue weighted by Gasteiger charge is 2.05. The van der Waals surface area contributed by atoms with Crippen molar-refractivity contribution in [3.63, 3.8) is 0 Å². The Balaban J connectivity index is 2.12. The first-order valence-electron chi connectivity index (χ1n) is 5.08. The molecule has 0 atom stereocenters. The Morgan fingerprint density at radius 1 is 1.18 bits per heavy atom. The molecule has 0 saturated heterocycles. The van der Waals surface area contributed by atoms with Crippen LogP contribution < -0.4 is 10.5 Å². The molecule has 2 aromatic carbocycles. The van der Waals surface area contributed by atoms with E-state index in [1.807, 2.05) is 0 Å². The predicted molar refractivity (Wildman–Crippen MR) is 66.6 cm³/mol. The Morgan fingerprint density at radius 3 is 2.71 bits per heavy atom. The van der Waals surface area contributed by atoms with Crippen LogP contribution in [0.5, 0.6) is 5.75 Å². The minimum Gasteiger partial charge on any atom is -0.486 e. The van der Waals surface area contributed by atoms with Gasteiger partial charge in [0.25, 0.3) is 0 Å². The highest BCUT2D eigenvalue weighted by molar-refractivity contribution is 6.31. The Hall–Kier alpha value is -1.74. The van der Waals surface area contributed by atoms with Gasteiger partial charge >= 0.3 is 0 Å². The van der Waals surface area contributed by atoms with Crippen LogP contribution in [-0.4, -0.2) is 0 Å². The number of ether oxygens (including phenoxy) is 1. The lowest BCUT2D eigenvalue weighted by Gasteiger charge is -2.09. The van der Waals surface area contributed by atoms with Gasteiger partial charge < -0.3 is 10.5 Å². The SMILES string of the molecule is Nc1ccc(Cl)c(COc2ccccc2F)c1. The van der Waals surface area contributed by atoms with Gasteiger partial charge in [-0.3, -0.25) is 0 Å². The average molecular weight is 252 g/mol. The molecule has 2 N–H and O–H groups in total. The molecule has 0 aliphatic rings.